The molecule has 0 saturated carbocycles. The van der Waals surface area contributed by atoms with Gasteiger partial charge in [-0.1, -0.05) is 5.10 Å². The zero-order chi connectivity index (χ0) is 17.4. The minimum Gasteiger partial charge on any atom is -0.481 e. The van der Waals surface area contributed by atoms with Crippen molar-refractivity contribution in [1.82, 2.24) is 29.6 Å². The van der Waals surface area contributed by atoms with Crippen LogP contribution in [0.5, 0.6) is 5.88 Å². The van der Waals surface area contributed by atoms with Crippen LogP contribution in [0.25, 0.3) is 16.0 Å². The van der Waals surface area contributed by atoms with E-state index in [1.165, 1.54) is 32.9 Å². The lowest BCUT2D eigenvalue weighted by molar-refractivity contribution is 0.0697. The summed E-state index contributed by atoms with van der Waals surface area (Å²) in [6, 6.07) is 5.19. The number of aromatic carboxylic acids is 1. The Hall–Kier alpha value is -2.57. The average Bonchev–Trinajstić information content (AvgIpc) is 3.32. The van der Waals surface area contributed by atoms with Gasteiger partial charge in [0.2, 0.25) is 22.3 Å². The zero-order valence-electron chi connectivity index (χ0n) is 12.6. The quantitative estimate of drug-likeness (QED) is 0.403. The number of hydrogen-bond acceptors (Lipinski definition) is 9. The Balaban J connectivity index is 1.69. The van der Waals surface area contributed by atoms with Gasteiger partial charge >= 0.3 is 5.97 Å². The van der Waals surface area contributed by atoms with E-state index in [4.69, 9.17) is 4.74 Å². The number of ether oxygens (including phenoxy) is 1. The van der Waals surface area contributed by atoms with Crippen molar-refractivity contribution >= 4 is 48.8 Å². The number of fused-ring (bicyclic) bond motifs is 1. The van der Waals surface area contributed by atoms with Crippen LogP contribution in [0.1, 0.15) is 10.4 Å². The Bertz CT molecular complexity index is 1070. The molecule has 4 heterocycles. The lowest BCUT2D eigenvalue weighted by Crippen LogP contribution is -2.03. The summed E-state index contributed by atoms with van der Waals surface area (Å²) in [6.45, 7) is 0. The van der Waals surface area contributed by atoms with E-state index in [0.717, 1.165) is 5.39 Å². The van der Waals surface area contributed by atoms with Gasteiger partial charge in [-0.05, 0) is 32.3 Å². The van der Waals surface area contributed by atoms with Crippen LogP contribution in [0.3, 0.4) is 0 Å². The third-order valence-corrected chi connectivity index (χ3v) is 6.90. The van der Waals surface area contributed by atoms with Gasteiger partial charge in [-0.15, -0.1) is 11.3 Å². The molecule has 0 spiro atoms. The van der Waals surface area contributed by atoms with Gasteiger partial charge in [-0.25, -0.2) is 4.79 Å². The predicted molar refractivity (Wildman–Crippen MR) is 93.8 cm³/mol. The van der Waals surface area contributed by atoms with E-state index in [9.17, 15) is 9.90 Å². The molecule has 0 aliphatic rings. The van der Waals surface area contributed by atoms with Gasteiger partial charge in [0, 0.05) is 6.07 Å². The van der Waals surface area contributed by atoms with Crippen molar-refractivity contribution < 1.29 is 14.6 Å². The highest BCUT2D eigenvalue weighted by molar-refractivity contribution is 8.44. The monoisotopic (exact) mass is 393 g/mol. The van der Waals surface area contributed by atoms with Crippen molar-refractivity contribution in [1.29, 1.82) is 0 Å². The third-order valence-electron chi connectivity index (χ3n) is 3.16. The number of tetrazole rings is 1. The first-order valence-electron chi connectivity index (χ1n) is 6.78. The largest absolute Gasteiger partial charge is 0.481 e. The Morgan fingerprint density at radius 1 is 1.40 bits per heavy atom. The molecule has 4 aromatic heterocycles. The second-order valence-corrected chi connectivity index (χ2v) is 8.57. The van der Waals surface area contributed by atoms with Crippen LogP contribution in [-0.2, 0) is 0 Å². The second-order valence-electron chi connectivity index (χ2n) is 4.65. The molecular formula is C13H9N6O3S3+. The highest BCUT2D eigenvalue weighted by atomic mass is 33.1. The Labute approximate surface area is 150 Å². The van der Waals surface area contributed by atoms with Gasteiger partial charge in [0.15, 0.2) is 15.1 Å². The van der Waals surface area contributed by atoms with Crippen LogP contribution in [-0.4, -0.2) is 47.8 Å². The summed E-state index contributed by atoms with van der Waals surface area (Å²) >= 11 is 1.26. The number of carboxylic acids is 1. The maximum Gasteiger partial charge on any atom is 0.338 e. The number of rotatable bonds is 5. The highest BCUT2D eigenvalue weighted by Crippen LogP contribution is 2.39. The summed E-state index contributed by atoms with van der Waals surface area (Å²) in [5.41, 5.74) is 0.765. The highest BCUT2D eigenvalue weighted by Gasteiger charge is 2.24. The second kappa shape index (κ2) is 6.38. The smallest absolute Gasteiger partial charge is 0.338 e. The Kier molecular flexibility index (Phi) is 4.07. The predicted octanol–water partition coefficient (Wildman–Crippen LogP) is 2.68. The molecule has 0 aliphatic heterocycles. The van der Waals surface area contributed by atoms with Crippen LogP contribution < -0.4 is 4.74 Å². The molecule has 0 aliphatic carbocycles. The van der Waals surface area contributed by atoms with Crippen molar-refractivity contribution in [2.24, 2.45) is 0 Å². The first-order valence-corrected chi connectivity index (χ1v) is 10.2. The summed E-state index contributed by atoms with van der Waals surface area (Å²) in [5, 5.41) is 26.3. The molecule has 1 unspecified atom stereocenters. The third kappa shape index (κ3) is 2.94. The SMILES string of the molecule is COc1ccc2c[s+](Sc3nnnn3-c3sccc3C(=O)O)nc2n1. The number of aromatic nitrogens is 6. The lowest BCUT2D eigenvalue weighted by Gasteiger charge is -1.98. The van der Waals surface area contributed by atoms with Crippen LogP contribution >= 0.6 is 31.8 Å². The number of hydrogen-bond donors (Lipinski definition) is 1. The number of carboxylic acid groups (broad SMARTS) is 1. The maximum atomic E-state index is 11.3. The van der Waals surface area contributed by atoms with Gasteiger partial charge < -0.3 is 9.84 Å². The average molecular weight is 393 g/mol. The molecule has 126 valence electrons. The molecule has 9 nitrogen and oxygen atoms in total. The summed E-state index contributed by atoms with van der Waals surface area (Å²) in [5.74, 6) is -0.521. The summed E-state index contributed by atoms with van der Waals surface area (Å²) < 4.78 is 11.1. The minimum atomic E-state index is -1.02. The summed E-state index contributed by atoms with van der Waals surface area (Å²) in [6.07, 6.45) is 0. The van der Waals surface area contributed by atoms with E-state index < -0.39 is 15.7 Å². The molecule has 12 heteroatoms. The number of carbonyl (C=O) groups is 1. The van der Waals surface area contributed by atoms with E-state index >= 15 is 0 Å². The topological polar surface area (TPSA) is 116 Å². The molecular weight excluding hydrogens is 384 g/mol. The molecule has 0 amide bonds. The normalized spacial score (nSPS) is 11.8. The van der Waals surface area contributed by atoms with Crippen molar-refractivity contribution in [3.63, 3.8) is 0 Å². The first-order chi connectivity index (χ1) is 12.2. The fourth-order valence-corrected chi connectivity index (χ4v) is 5.77. The fraction of sp³-hybridized carbons (Fsp3) is 0.0769. The van der Waals surface area contributed by atoms with Crippen LogP contribution in [0.2, 0.25) is 0 Å². The van der Waals surface area contributed by atoms with E-state index in [1.54, 1.807) is 18.6 Å². The van der Waals surface area contributed by atoms with Crippen molar-refractivity contribution in [3.8, 4) is 10.9 Å². The molecule has 1 N–H and O–H groups in total. The minimum absolute atomic E-state index is 0.157. The molecule has 0 fully saturated rings. The van der Waals surface area contributed by atoms with E-state index in [2.05, 4.69) is 24.9 Å². The van der Waals surface area contributed by atoms with Crippen molar-refractivity contribution in [2.45, 2.75) is 5.16 Å². The van der Waals surface area contributed by atoms with Gasteiger partial charge in [0.1, 0.15) is 5.00 Å². The first kappa shape index (κ1) is 15.9. The Morgan fingerprint density at radius 3 is 3.08 bits per heavy atom. The van der Waals surface area contributed by atoms with Crippen molar-refractivity contribution in [3.05, 3.63) is 34.5 Å². The zero-order valence-corrected chi connectivity index (χ0v) is 15.0. The molecule has 0 aromatic carbocycles. The number of thiophene rings is 1. The van der Waals surface area contributed by atoms with E-state index in [0.29, 0.717) is 21.7 Å². The molecule has 4 aromatic rings. The molecule has 25 heavy (non-hydrogen) atoms. The Morgan fingerprint density at radius 2 is 2.28 bits per heavy atom. The lowest BCUT2D eigenvalue weighted by atomic mass is 10.3. The maximum absolute atomic E-state index is 11.3. The van der Waals surface area contributed by atoms with E-state index in [1.807, 2.05) is 11.4 Å². The summed E-state index contributed by atoms with van der Waals surface area (Å²) in [7, 11) is 2.33. The van der Waals surface area contributed by atoms with Gasteiger partial charge in [-0.2, -0.15) is 9.67 Å². The number of methoxy groups -OCH3 is 1. The van der Waals surface area contributed by atoms with Gasteiger partial charge in [-0.3, -0.25) is 0 Å². The molecule has 0 bridgehead atoms. The standard InChI is InChI=1S/C13H8N6O3S3/c1-22-9-3-2-7-6-25(16-10(7)14-9)24-13-15-17-18-19(13)11-8(12(20)21)4-5-23-11/h2-6H,1H3/p+1. The molecule has 1 atom stereocenters. The van der Waals surface area contributed by atoms with Gasteiger partial charge in [0.25, 0.3) is 5.16 Å². The van der Waals surface area contributed by atoms with Crippen LogP contribution in [0, 0.1) is 0 Å². The number of nitrogens with zero attached hydrogens (tertiary/aromatic N) is 6. The fourth-order valence-electron chi connectivity index (χ4n) is 2.05. The van der Waals surface area contributed by atoms with Gasteiger partial charge in [0.05, 0.1) is 18.1 Å². The molecule has 0 radical (unpaired) electrons. The summed E-state index contributed by atoms with van der Waals surface area (Å²) in [4.78, 5) is 15.6. The molecule has 0 saturated heterocycles. The van der Waals surface area contributed by atoms with E-state index in [-0.39, 0.29) is 5.56 Å². The van der Waals surface area contributed by atoms with Crippen LogP contribution in [0.4, 0.5) is 0 Å². The molecule has 4 rings (SSSR count). The van der Waals surface area contributed by atoms with Crippen LogP contribution in [0.15, 0.2) is 34.1 Å². The number of pyridine rings is 1. The van der Waals surface area contributed by atoms with Crippen molar-refractivity contribution in [2.75, 3.05) is 7.11 Å².